The second kappa shape index (κ2) is 4.90. The van der Waals surface area contributed by atoms with E-state index in [-0.39, 0.29) is 11.0 Å². The molecule has 1 atom stereocenters. The number of ether oxygens (including phenoxy) is 1. The fourth-order valence-electron chi connectivity index (χ4n) is 1.20. The van der Waals surface area contributed by atoms with Gasteiger partial charge in [0.25, 0.3) is 0 Å². The molecule has 0 spiro atoms. The highest BCUT2D eigenvalue weighted by atomic mass is 32.2. The van der Waals surface area contributed by atoms with Crippen LogP contribution in [0.15, 0.2) is 29.2 Å². The number of hydrogen-bond acceptors (Lipinski definition) is 4. The van der Waals surface area contributed by atoms with Crippen LogP contribution in [0.4, 0.5) is 0 Å². The van der Waals surface area contributed by atoms with Crippen molar-refractivity contribution in [3.63, 3.8) is 0 Å². The van der Waals surface area contributed by atoms with Crippen molar-refractivity contribution in [1.29, 1.82) is 0 Å². The average molecular weight is 246 g/mol. The molecule has 0 aromatic heterocycles. The molecule has 84 valence electrons. The van der Waals surface area contributed by atoms with Crippen LogP contribution in [-0.4, -0.2) is 26.5 Å². The topological polar surface area (TPSA) is 43.4 Å². The predicted octanol–water partition coefficient (Wildman–Crippen LogP) is 1.79. The van der Waals surface area contributed by atoms with Gasteiger partial charge in [-0.2, -0.15) is 12.6 Å². The van der Waals surface area contributed by atoms with Gasteiger partial charge in [-0.25, -0.2) is 8.42 Å². The molecule has 0 aliphatic rings. The SMILES string of the molecule is COc1ccc(S(=O)(=O)CC(C)S)cc1. The molecule has 0 amide bonds. The van der Waals surface area contributed by atoms with Crippen LogP contribution in [-0.2, 0) is 9.84 Å². The van der Waals surface area contributed by atoms with E-state index in [2.05, 4.69) is 12.6 Å². The molecule has 1 unspecified atom stereocenters. The van der Waals surface area contributed by atoms with E-state index in [1.54, 1.807) is 38.3 Å². The van der Waals surface area contributed by atoms with Gasteiger partial charge in [0.1, 0.15) is 5.75 Å². The summed E-state index contributed by atoms with van der Waals surface area (Å²) in [5.74, 6) is 0.690. The monoisotopic (exact) mass is 246 g/mol. The normalized spacial score (nSPS) is 13.5. The van der Waals surface area contributed by atoms with Gasteiger partial charge in [-0.1, -0.05) is 6.92 Å². The molecular formula is C10H14O3S2. The Morgan fingerprint density at radius 2 is 1.87 bits per heavy atom. The average Bonchev–Trinajstić information content (AvgIpc) is 2.16. The number of benzene rings is 1. The number of hydrogen-bond donors (Lipinski definition) is 1. The standard InChI is InChI=1S/C10H14O3S2/c1-8(14)7-15(11,12)10-5-3-9(13-2)4-6-10/h3-6,8,14H,7H2,1-2H3. The van der Waals surface area contributed by atoms with Crippen molar-refractivity contribution < 1.29 is 13.2 Å². The largest absolute Gasteiger partial charge is 0.497 e. The molecule has 0 saturated heterocycles. The Labute approximate surface area is 95.8 Å². The zero-order valence-corrected chi connectivity index (χ0v) is 10.4. The van der Waals surface area contributed by atoms with Crippen LogP contribution in [0.25, 0.3) is 0 Å². The highest BCUT2D eigenvalue weighted by molar-refractivity contribution is 7.92. The van der Waals surface area contributed by atoms with E-state index in [9.17, 15) is 8.42 Å². The second-order valence-electron chi connectivity index (χ2n) is 3.31. The molecule has 0 heterocycles. The molecule has 1 aromatic carbocycles. The van der Waals surface area contributed by atoms with Crippen molar-refractivity contribution >= 4 is 22.5 Å². The Bertz CT molecular complexity index is 407. The van der Waals surface area contributed by atoms with E-state index in [0.29, 0.717) is 10.6 Å². The molecule has 1 aromatic rings. The number of sulfone groups is 1. The molecule has 0 fully saturated rings. The molecule has 3 nitrogen and oxygen atoms in total. The van der Waals surface area contributed by atoms with Crippen LogP contribution in [0.1, 0.15) is 6.92 Å². The summed E-state index contributed by atoms with van der Waals surface area (Å²) >= 11 is 4.08. The fourth-order valence-corrected chi connectivity index (χ4v) is 3.16. The highest BCUT2D eigenvalue weighted by Gasteiger charge is 2.16. The summed E-state index contributed by atoms with van der Waals surface area (Å²) in [6.45, 7) is 1.75. The van der Waals surface area contributed by atoms with Crippen molar-refractivity contribution in [3.8, 4) is 5.75 Å². The van der Waals surface area contributed by atoms with Gasteiger partial charge in [-0.3, -0.25) is 0 Å². The summed E-state index contributed by atoms with van der Waals surface area (Å²) in [5.41, 5.74) is 0. The van der Waals surface area contributed by atoms with Gasteiger partial charge in [-0.05, 0) is 24.3 Å². The molecule has 0 aliphatic carbocycles. The number of methoxy groups -OCH3 is 1. The van der Waals surface area contributed by atoms with E-state index >= 15 is 0 Å². The van der Waals surface area contributed by atoms with Gasteiger partial charge < -0.3 is 4.74 Å². The fraction of sp³-hybridized carbons (Fsp3) is 0.400. The Morgan fingerprint density at radius 1 is 1.33 bits per heavy atom. The summed E-state index contributed by atoms with van der Waals surface area (Å²) in [6.07, 6.45) is 0. The van der Waals surface area contributed by atoms with Crippen LogP contribution in [0, 0.1) is 0 Å². The third-order valence-corrected chi connectivity index (χ3v) is 4.24. The molecular weight excluding hydrogens is 232 g/mol. The van der Waals surface area contributed by atoms with Crippen molar-refractivity contribution in [2.24, 2.45) is 0 Å². The van der Waals surface area contributed by atoms with Gasteiger partial charge in [0.15, 0.2) is 9.84 Å². The smallest absolute Gasteiger partial charge is 0.179 e. The minimum absolute atomic E-state index is 0.0441. The lowest BCUT2D eigenvalue weighted by atomic mass is 10.3. The van der Waals surface area contributed by atoms with E-state index in [0.717, 1.165) is 0 Å². The second-order valence-corrected chi connectivity index (χ2v) is 6.22. The Balaban J connectivity index is 2.96. The van der Waals surface area contributed by atoms with Gasteiger partial charge in [0.05, 0.1) is 17.8 Å². The van der Waals surface area contributed by atoms with Gasteiger partial charge in [0, 0.05) is 5.25 Å². The van der Waals surface area contributed by atoms with Gasteiger partial charge in [-0.15, -0.1) is 0 Å². The summed E-state index contributed by atoms with van der Waals surface area (Å²) in [6, 6.07) is 6.36. The van der Waals surface area contributed by atoms with E-state index in [1.807, 2.05) is 0 Å². The van der Waals surface area contributed by atoms with Gasteiger partial charge in [0.2, 0.25) is 0 Å². The molecule has 0 radical (unpaired) electrons. The van der Waals surface area contributed by atoms with Crippen molar-refractivity contribution in [3.05, 3.63) is 24.3 Å². The van der Waals surface area contributed by atoms with Crippen molar-refractivity contribution in [2.75, 3.05) is 12.9 Å². The minimum Gasteiger partial charge on any atom is -0.497 e. The number of rotatable bonds is 4. The summed E-state index contributed by atoms with van der Waals surface area (Å²) in [5, 5.41) is -0.169. The lowest BCUT2D eigenvalue weighted by molar-refractivity contribution is 0.414. The Morgan fingerprint density at radius 3 is 2.27 bits per heavy atom. The first-order valence-electron chi connectivity index (χ1n) is 4.50. The summed E-state index contributed by atoms with van der Waals surface area (Å²) < 4.78 is 28.5. The first kappa shape index (κ1) is 12.4. The van der Waals surface area contributed by atoms with E-state index in [1.165, 1.54) is 0 Å². The predicted molar refractivity (Wildman–Crippen MR) is 63.5 cm³/mol. The molecule has 1 rings (SSSR count). The Kier molecular flexibility index (Phi) is 4.04. The molecule has 0 N–H and O–H groups in total. The van der Waals surface area contributed by atoms with Crippen LogP contribution < -0.4 is 4.74 Å². The molecule has 0 aliphatic heterocycles. The third kappa shape index (κ3) is 3.43. The summed E-state index contributed by atoms with van der Waals surface area (Å²) in [7, 11) is -1.68. The maximum atomic E-state index is 11.8. The lowest BCUT2D eigenvalue weighted by Gasteiger charge is -2.07. The molecule has 5 heteroatoms. The van der Waals surface area contributed by atoms with Gasteiger partial charge >= 0.3 is 0 Å². The van der Waals surface area contributed by atoms with Crippen LogP contribution >= 0.6 is 12.6 Å². The van der Waals surface area contributed by atoms with Crippen molar-refractivity contribution in [1.82, 2.24) is 0 Å². The number of thiol groups is 1. The lowest BCUT2D eigenvalue weighted by Crippen LogP contribution is -2.13. The maximum Gasteiger partial charge on any atom is 0.179 e. The summed E-state index contributed by atoms with van der Waals surface area (Å²) in [4.78, 5) is 0.309. The quantitative estimate of drug-likeness (QED) is 0.824. The minimum atomic E-state index is -3.22. The zero-order chi connectivity index (χ0) is 11.5. The van der Waals surface area contributed by atoms with Crippen LogP contribution in [0.2, 0.25) is 0 Å². The maximum absolute atomic E-state index is 11.8. The molecule has 0 bridgehead atoms. The van der Waals surface area contributed by atoms with Crippen molar-refractivity contribution in [2.45, 2.75) is 17.1 Å². The van der Waals surface area contributed by atoms with Crippen LogP contribution in [0.3, 0.4) is 0 Å². The zero-order valence-electron chi connectivity index (χ0n) is 8.67. The van der Waals surface area contributed by atoms with Crippen LogP contribution in [0.5, 0.6) is 5.75 Å². The third-order valence-electron chi connectivity index (χ3n) is 1.88. The first-order chi connectivity index (χ1) is 6.95. The van der Waals surface area contributed by atoms with E-state index in [4.69, 9.17) is 4.74 Å². The Hall–Kier alpha value is -0.680. The molecule has 0 saturated carbocycles. The first-order valence-corrected chi connectivity index (χ1v) is 6.67. The van der Waals surface area contributed by atoms with E-state index < -0.39 is 9.84 Å². The highest BCUT2D eigenvalue weighted by Crippen LogP contribution is 2.17. The molecule has 15 heavy (non-hydrogen) atoms.